The van der Waals surface area contributed by atoms with Gasteiger partial charge in [0, 0.05) is 0 Å². The molecule has 0 unspecified atom stereocenters. The van der Waals surface area contributed by atoms with Gasteiger partial charge in [-0.15, -0.1) is 5.10 Å². The Bertz CT molecular complexity index is 959. The summed E-state index contributed by atoms with van der Waals surface area (Å²) < 4.78 is 1.69. The number of aryl methyl sites for hydroxylation is 1. The lowest BCUT2D eigenvalue weighted by atomic mass is 10.1. The van der Waals surface area contributed by atoms with Crippen LogP contribution in [0.15, 0.2) is 46.3 Å². The summed E-state index contributed by atoms with van der Waals surface area (Å²) in [5, 5.41) is 18.5. The average Bonchev–Trinajstić information content (AvgIpc) is 2.98. The SMILES string of the molecule is CC(=O)/C(Sc1ncnc2c1nnn2Cc1ccc(C)cc1)=C(\C)O. The Labute approximate surface area is 148 Å². The van der Waals surface area contributed by atoms with E-state index in [1.54, 1.807) is 4.68 Å². The van der Waals surface area contributed by atoms with Gasteiger partial charge in [0.1, 0.15) is 17.1 Å². The molecule has 0 spiro atoms. The first-order chi connectivity index (χ1) is 12.0. The van der Waals surface area contributed by atoms with Crippen molar-refractivity contribution in [3.63, 3.8) is 0 Å². The number of aromatic nitrogens is 5. The molecule has 3 aromatic rings. The lowest BCUT2D eigenvalue weighted by Crippen LogP contribution is -2.03. The molecule has 3 rings (SSSR count). The molecule has 0 saturated carbocycles. The molecule has 0 saturated heterocycles. The highest BCUT2D eigenvalue weighted by Gasteiger charge is 2.17. The van der Waals surface area contributed by atoms with E-state index in [2.05, 4.69) is 20.3 Å². The van der Waals surface area contributed by atoms with Gasteiger partial charge in [0.2, 0.25) is 0 Å². The van der Waals surface area contributed by atoms with Crippen molar-refractivity contribution in [2.45, 2.75) is 32.3 Å². The number of hydrogen-bond donors (Lipinski definition) is 1. The molecule has 0 aliphatic heterocycles. The summed E-state index contributed by atoms with van der Waals surface area (Å²) in [5.41, 5.74) is 3.35. The third-order valence-electron chi connectivity index (χ3n) is 3.57. The van der Waals surface area contributed by atoms with E-state index in [9.17, 15) is 9.90 Å². The van der Waals surface area contributed by atoms with Crippen molar-refractivity contribution in [3.8, 4) is 0 Å². The minimum atomic E-state index is -0.233. The predicted molar refractivity (Wildman–Crippen MR) is 95.3 cm³/mol. The number of carbonyl (C=O) groups is 1. The van der Waals surface area contributed by atoms with Crippen molar-refractivity contribution < 1.29 is 9.90 Å². The first kappa shape index (κ1) is 17.1. The zero-order chi connectivity index (χ0) is 18.0. The van der Waals surface area contributed by atoms with Crippen molar-refractivity contribution in [2.24, 2.45) is 0 Å². The molecule has 2 heterocycles. The molecule has 0 bridgehead atoms. The smallest absolute Gasteiger partial charge is 0.183 e. The summed E-state index contributed by atoms with van der Waals surface area (Å²) in [7, 11) is 0. The van der Waals surface area contributed by atoms with E-state index in [0.717, 1.165) is 17.3 Å². The maximum atomic E-state index is 11.7. The molecule has 0 radical (unpaired) electrons. The third kappa shape index (κ3) is 3.69. The molecule has 0 aliphatic carbocycles. The van der Waals surface area contributed by atoms with Gasteiger partial charge in [-0.05, 0) is 26.3 Å². The zero-order valence-electron chi connectivity index (χ0n) is 14.1. The highest BCUT2D eigenvalue weighted by Crippen LogP contribution is 2.31. The van der Waals surface area contributed by atoms with E-state index in [4.69, 9.17) is 0 Å². The van der Waals surface area contributed by atoms with Crippen LogP contribution in [-0.2, 0) is 11.3 Å². The van der Waals surface area contributed by atoms with E-state index in [0.29, 0.717) is 22.7 Å². The number of nitrogens with zero attached hydrogens (tertiary/aromatic N) is 5. The maximum Gasteiger partial charge on any atom is 0.183 e. The highest BCUT2D eigenvalue weighted by molar-refractivity contribution is 8.04. The van der Waals surface area contributed by atoms with Crippen molar-refractivity contribution >= 4 is 28.7 Å². The number of hydrogen-bond acceptors (Lipinski definition) is 7. The van der Waals surface area contributed by atoms with Crippen LogP contribution in [-0.4, -0.2) is 35.9 Å². The van der Waals surface area contributed by atoms with Crippen molar-refractivity contribution in [3.05, 3.63) is 52.4 Å². The molecule has 2 aromatic heterocycles. The minimum absolute atomic E-state index is 0.0451. The van der Waals surface area contributed by atoms with Crippen LogP contribution in [0, 0.1) is 6.92 Å². The Morgan fingerprint density at radius 3 is 2.56 bits per heavy atom. The Kier molecular flexibility index (Phi) is 4.80. The van der Waals surface area contributed by atoms with E-state index >= 15 is 0 Å². The first-order valence-corrected chi connectivity index (χ1v) is 8.45. The number of thioether (sulfide) groups is 1. The number of aliphatic hydroxyl groups is 1. The summed E-state index contributed by atoms with van der Waals surface area (Å²) in [4.78, 5) is 20.4. The molecule has 0 amide bonds. The van der Waals surface area contributed by atoms with Gasteiger partial charge < -0.3 is 5.11 Å². The number of allylic oxidation sites excluding steroid dienone is 2. The molecule has 0 aliphatic rings. The Balaban J connectivity index is 1.96. The van der Waals surface area contributed by atoms with Gasteiger partial charge in [0.05, 0.1) is 11.4 Å². The van der Waals surface area contributed by atoms with Gasteiger partial charge in [-0.3, -0.25) is 4.79 Å². The van der Waals surface area contributed by atoms with Crippen LogP contribution in [0.4, 0.5) is 0 Å². The van der Waals surface area contributed by atoms with E-state index < -0.39 is 0 Å². The minimum Gasteiger partial charge on any atom is -0.511 e. The molecular weight excluding hydrogens is 338 g/mol. The lowest BCUT2D eigenvalue weighted by molar-refractivity contribution is -0.113. The second-order valence-corrected chi connectivity index (χ2v) is 6.66. The average molecular weight is 355 g/mol. The molecule has 8 heteroatoms. The number of ketones is 1. The van der Waals surface area contributed by atoms with Crippen molar-refractivity contribution in [1.82, 2.24) is 25.0 Å². The summed E-state index contributed by atoms with van der Waals surface area (Å²) in [6.45, 7) is 5.44. The second-order valence-electron chi connectivity index (χ2n) is 5.66. The summed E-state index contributed by atoms with van der Waals surface area (Å²) in [6, 6.07) is 8.15. The van der Waals surface area contributed by atoms with Crippen molar-refractivity contribution in [1.29, 1.82) is 0 Å². The molecular formula is C17H17N5O2S. The van der Waals surface area contributed by atoms with Gasteiger partial charge in [0.25, 0.3) is 0 Å². The number of aliphatic hydroxyl groups excluding tert-OH is 1. The van der Waals surface area contributed by atoms with E-state index in [-0.39, 0.29) is 16.4 Å². The summed E-state index contributed by atoms with van der Waals surface area (Å²) in [5.74, 6) is -0.278. The van der Waals surface area contributed by atoms with Crippen LogP contribution in [0.1, 0.15) is 25.0 Å². The van der Waals surface area contributed by atoms with Crippen LogP contribution in [0.2, 0.25) is 0 Å². The standard InChI is InChI=1S/C17H17N5O2S/c1-10-4-6-13(7-5-10)8-22-16-14(20-21-22)17(19-9-18-16)25-15(11(2)23)12(3)24/h4-7,9,23H,8H2,1-3H3/b15-11-. The van der Waals surface area contributed by atoms with Gasteiger partial charge in [-0.1, -0.05) is 46.8 Å². The van der Waals surface area contributed by atoms with E-state index in [1.165, 1.54) is 25.7 Å². The molecule has 25 heavy (non-hydrogen) atoms. The molecule has 7 nitrogen and oxygen atoms in total. The van der Waals surface area contributed by atoms with Gasteiger partial charge >= 0.3 is 0 Å². The Morgan fingerprint density at radius 1 is 1.20 bits per heavy atom. The normalized spacial score (nSPS) is 12.3. The third-order valence-corrected chi connectivity index (χ3v) is 4.85. The van der Waals surface area contributed by atoms with Gasteiger partial charge in [-0.25, -0.2) is 14.6 Å². The number of Topliss-reactive ketones (excluding diaryl/α,β-unsaturated/α-hetero) is 1. The maximum absolute atomic E-state index is 11.7. The first-order valence-electron chi connectivity index (χ1n) is 7.64. The number of benzene rings is 1. The largest absolute Gasteiger partial charge is 0.511 e. The number of carbonyl (C=O) groups excluding carboxylic acids is 1. The molecule has 0 fully saturated rings. The predicted octanol–water partition coefficient (Wildman–Crippen LogP) is 3.05. The number of fused-ring (bicyclic) bond motifs is 1. The highest BCUT2D eigenvalue weighted by atomic mass is 32.2. The van der Waals surface area contributed by atoms with Crippen LogP contribution in [0.3, 0.4) is 0 Å². The van der Waals surface area contributed by atoms with Crippen molar-refractivity contribution in [2.75, 3.05) is 0 Å². The molecule has 0 atom stereocenters. The van der Waals surface area contributed by atoms with Gasteiger partial charge in [0.15, 0.2) is 16.9 Å². The monoisotopic (exact) mass is 355 g/mol. The summed E-state index contributed by atoms with van der Waals surface area (Å²) >= 11 is 1.07. The quantitative estimate of drug-likeness (QED) is 0.325. The van der Waals surface area contributed by atoms with Crippen LogP contribution >= 0.6 is 11.8 Å². The topological polar surface area (TPSA) is 93.8 Å². The summed E-state index contributed by atoms with van der Waals surface area (Å²) in [6.07, 6.45) is 1.41. The van der Waals surface area contributed by atoms with Gasteiger partial charge in [-0.2, -0.15) is 0 Å². The van der Waals surface area contributed by atoms with E-state index in [1.807, 2.05) is 31.2 Å². The fraction of sp³-hybridized carbons (Fsp3) is 0.235. The Hall–Kier alpha value is -2.74. The molecule has 128 valence electrons. The fourth-order valence-electron chi connectivity index (χ4n) is 2.32. The zero-order valence-corrected chi connectivity index (χ0v) is 14.9. The second kappa shape index (κ2) is 7.02. The molecule has 1 aromatic carbocycles. The van der Waals surface area contributed by atoms with Crippen LogP contribution < -0.4 is 0 Å². The number of rotatable bonds is 5. The molecule has 1 N–H and O–H groups in total. The van der Waals surface area contributed by atoms with Crippen LogP contribution in [0.5, 0.6) is 0 Å². The van der Waals surface area contributed by atoms with Crippen LogP contribution in [0.25, 0.3) is 11.2 Å². The Morgan fingerprint density at radius 2 is 1.92 bits per heavy atom. The fourth-order valence-corrected chi connectivity index (χ4v) is 3.13. The lowest BCUT2D eigenvalue weighted by Gasteiger charge is -2.05.